The van der Waals surface area contributed by atoms with Crippen molar-refractivity contribution in [3.05, 3.63) is 31.4 Å². The maximum Gasteiger partial charge on any atom is 0.190 e. The van der Waals surface area contributed by atoms with Crippen molar-refractivity contribution >= 4 is 60.8 Å². The Morgan fingerprint density at radius 1 is 1.23 bits per heavy atom. The van der Waals surface area contributed by atoms with E-state index in [0.29, 0.717) is 11.7 Å². The lowest BCUT2D eigenvalue weighted by molar-refractivity contribution is 0.413. The van der Waals surface area contributed by atoms with Crippen LogP contribution in [0.1, 0.15) is 25.5 Å². The van der Waals surface area contributed by atoms with Gasteiger partial charge in [-0.3, -0.25) is 0 Å². The van der Waals surface area contributed by atoms with Crippen LogP contribution >= 0.6 is 49.9 Å². The van der Waals surface area contributed by atoms with Crippen LogP contribution in [0.2, 0.25) is 0 Å². The zero-order valence-corrected chi connectivity index (χ0v) is 16.8. The summed E-state index contributed by atoms with van der Waals surface area (Å²) < 4.78 is 7.10. The molecule has 0 N–H and O–H groups in total. The second kappa shape index (κ2) is 6.37. The Morgan fingerprint density at radius 2 is 2.00 bits per heavy atom. The average Bonchev–Trinajstić information content (AvgIpc) is 2.98. The number of nitrogens with zero attached hydrogens (tertiary/aromatic N) is 3. The summed E-state index contributed by atoms with van der Waals surface area (Å²) >= 11 is 7.39. The molecule has 0 unspecified atom stereocenters. The first-order valence-corrected chi connectivity index (χ1v) is 9.42. The number of methoxy groups -OCH3 is 1. The first-order chi connectivity index (χ1) is 10.5. The van der Waals surface area contributed by atoms with Crippen molar-refractivity contribution < 1.29 is 4.74 Å². The highest BCUT2D eigenvalue weighted by atomic mass is 127. The minimum Gasteiger partial charge on any atom is -0.495 e. The molecular weight excluding hydrogens is 477 g/mol. The standard InChI is InChI=1S/C15H13BrIN3OS/c1-7(2)9-6-22-15(18-9)14-19-12-8(13(17)20-14)4-5-10(21-3)11(12)16/h4-7H,1-3H3. The van der Waals surface area contributed by atoms with E-state index in [0.717, 1.165) is 35.5 Å². The van der Waals surface area contributed by atoms with Crippen LogP contribution in [0.4, 0.5) is 0 Å². The number of rotatable bonds is 3. The number of halogens is 2. The monoisotopic (exact) mass is 489 g/mol. The number of fused-ring (bicyclic) bond motifs is 1. The van der Waals surface area contributed by atoms with Crippen molar-refractivity contribution in [1.29, 1.82) is 0 Å². The van der Waals surface area contributed by atoms with E-state index in [9.17, 15) is 0 Å². The van der Waals surface area contributed by atoms with Crippen LogP contribution in [0.3, 0.4) is 0 Å². The molecule has 3 aromatic rings. The fraction of sp³-hybridized carbons (Fsp3) is 0.267. The van der Waals surface area contributed by atoms with Crippen LogP contribution in [-0.4, -0.2) is 22.1 Å². The third-order valence-corrected chi connectivity index (χ3v) is 5.69. The molecule has 0 fully saturated rings. The Bertz CT molecular complexity index is 850. The summed E-state index contributed by atoms with van der Waals surface area (Å²) in [5.41, 5.74) is 1.92. The number of ether oxygens (including phenoxy) is 1. The van der Waals surface area contributed by atoms with Crippen molar-refractivity contribution in [2.75, 3.05) is 7.11 Å². The van der Waals surface area contributed by atoms with Gasteiger partial charge >= 0.3 is 0 Å². The Balaban J connectivity index is 2.20. The third kappa shape index (κ3) is 2.85. The van der Waals surface area contributed by atoms with Gasteiger partial charge in [-0.2, -0.15) is 0 Å². The molecule has 0 saturated heterocycles. The molecule has 3 rings (SSSR count). The number of hydrogen-bond donors (Lipinski definition) is 0. The maximum atomic E-state index is 5.35. The Morgan fingerprint density at radius 3 is 2.64 bits per heavy atom. The van der Waals surface area contributed by atoms with Gasteiger partial charge in [-0.25, -0.2) is 15.0 Å². The first kappa shape index (κ1) is 16.1. The highest BCUT2D eigenvalue weighted by molar-refractivity contribution is 14.1. The predicted molar refractivity (Wildman–Crippen MR) is 102 cm³/mol. The van der Waals surface area contributed by atoms with Crippen molar-refractivity contribution in [3.8, 4) is 16.6 Å². The van der Waals surface area contributed by atoms with Crippen LogP contribution in [-0.2, 0) is 0 Å². The molecule has 0 saturated carbocycles. The molecule has 0 bridgehead atoms. The van der Waals surface area contributed by atoms with Crippen LogP contribution in [0.15, 0.2) is 22.0 Å². The molecule has 0 radical (unpaired) electrons. The lowest BCUT2D eigenvalue weighted by Gasteiger charge is -2.08. The third-order valence-electron chi connectivity index (χ3n) is 3.25. The first-order valence-electron chi connectivity index (χ1n) is 6.66. The molecule has 0 spiro atoms. The molecule has 1 aromatic carbocycles. The smallest absolute Gasteiger partial charge is 0.190 e. The molecule has 2 heterocycles. The van der Waals surface area contributed by atoms with Crippen molar-refractivity contribution in [1.82, 2.24) is 15.0 Å². The van der Waals surface area contributed by atoms with Crippen LogP contribution in [0, 0.1) is 3.70 Å². The van der Waals surface area contributed by atoms with Crippen LogP contribution in [0.25, 0.3) is 21.7 Å². The van der Waals surface area contributed by atoms with Gasteiger partial charge in [-0.05, 0) is 56.6 Å². The van der Waals surface area contributed by atoms with Crippen LogP contribution in [0.5, 0.6) is 5.75 Å². The molecule has 0 aliphatic carbocycles. The van der Waals surface area contributed by atoms with Gasteiger partial charge in [0.25, 0.3) is 0 Å². The summed E-state index contributed by atoms with van der Waals surface area (Å²) in [6.45, 7) is 4.26. The molecule has 22 heavy (non-hydrogen) atoms. The van der Waals surface area contributed by atoms with E-state index in [2.05, 4.69) is 67.7 Å². The van der Waals surface area contributed by atoms with E-state index in [1.807, 2.05) is 12.1 Å². The summed E-state index contributed by atoms with van der Waals surface area (Å²) in [6, 6.07) is 3.89. The van der Waals surface area contributed by atoms with Gasteiger partial charge in [0.2, 0.25) is 0 Å². The molecule has 114 valence electrons. The van der Waals surface area contributed by atoms with Gasteiger partial charge in [0, 0.05) is 10.8 Å². The summed E-state index contributed by atoms with van der Waals surface area (Å²) in [5, 5.41) is 3.91. The SMILES string of the molecule is COc1ccc2c(I)nc(-c3nc(C(C)C)cs3)nc2c1Br. The van der Waals surface area contributed by atoms with Crippen LogP contribution < -0.4 is 4.74 Å². The summed E-state index contributed by atoms with van der Waals surface area (Å²) in [6.07, 6.45) is 0. The highest BCUT2D eigenvalue weighted by Gasteiger charge is 2.15. The number of thiazole rings is 1. The molecule has 0 atom stereocenters. The summed E-state index contributed by atoms with van der Waals surface area (Å²) in [4.78, 5) is 13.9. The Hall–Kier alpha value is -0.800. The maximum absolute atomic E-state index is 5.35. The molecule has 0 amide bonds. The van der Waals surface area contributed by atoms with E-state index in [4.69, 9.17) is 9.72 Å². The number of hydrogen-bond acceptors (Lipinski definition) is 5. The van der Waals surface area contributed by atoms with E-state index < -0.39 is 0 Å². The van der Waals surface area contributed by atoms with Crippen molar-refractivity contribution in [2.45, 2.75) is 19.8 Å². The fourth-order valence-corrected chi connectivity index (χ4v) is 4.19. The topological polar surface area (TPSA) is 47.9 Å². The minimum absolute atomic E-state index is 0.399. The molecule has 0 aliphatic rings. The quantitative estimate of drug-likeness (QED) is 0.372. The van der Waals surface area contributed by atoms with E-state index >= 15 is 0 Å². The normalized spacial score (nSPS) is 11.4. The Labute approximate surface area is 154 Å². The lowest BCUT2D eigenvalue weighted by Crippen LogP contribution is -1.96. The Kier molecular flexibility index (Phi) is 4.65. The molecular formula is C15H13BrIN3OS. The fourth-order valence-electron chi connectivity index (χ4n) is 2.01. The zero-order chi connectivity index (χ0) is 15.9. The minimum atomic E-state index is 0.399. The molecule has 7 heteroatoms. The van der Waals surface area contributed by atoms with Crippen molar-refractivity contribution in [3.63, 3.8) is 0 Å². The van der Waals surface area contributed by atoms with E-state index in [1.165, 1.54) is 0 Å². The predicted octanol–water partition coefficient (Wildman–Crippen LogP) is 5.25. The van der Waals surface area contributed by atoms with Gasteiger partial charge in [0.05, 0.1) is 22.8 Å². The number of aromatic nitrogens is 3. The largest absolute Gasteiger partial charge is 0.495 e. The summed E-state index contributed by atoms with van der Waals surface area (Å²) in [7, 11) is 1.65. The van der Waals surface area contributed by atoms with Crippen molar-refractivity contribution in [2.24, 2.45) is 0 Å². The van der Waals surface area contributed by atoms with Gasteiger partial charge in [0.1, 0.15) is 9.45 Å². The molecule has 4 nitrogen and oxygen atoms in total. The van der Waals surface area contributed by atoms with Gasteiger partial charge in [-0.15, -0.1) is 11.3 Å². The zero-order valence-electron chi connectivity index (χ0n) is 12.2. The second-order valence-corrected chi connectivity index (χ2v) is 7.72. The van der Waals surface area contributed by atoms with Gasteiger partial charge < -0.3 is 4.74 Å². The number of benzene rings is 1. The average molecular weight is 490 g/mol. The van der Waals surface area contributed by atoms with Gasteiger partial charge in [-0.1, -0.05) is 13.8 Å². The van der Waals surface area contributed by atoms with E-state index in [-0.39, 0.29) is 0 Å². The summed E-state index contributed by atoms with van der Waals surface area (Å²) in [5.74, 6) is 1.81. The van der Waals surface area contributed by atoms with E-state index in [1.54, 1.807) is 18.4 Å². The van der Waals surface area contributed by atoms with Gasteiger partial charge in [0.15, 0.2) is 10.8 Å². The second-order valence-electron chi connectivity index (χ2n) is 5.05. The highest BCUT2D eigenvalue weighted by Crippen LogP contribution is 2.35. The molecule has 0 aliphatic heterocycles. The lowest BCUT2D eigenvalue weighted by atomic mass is 10.2. The molecule has 2 aromatic heterocycles.